The fourth-order valence-electron chi connectivity index (χ4n) is 3.61. The molecule has 3 rings (SSSR count). The number of carbonyl (C=O) groups is 2. The SMILES string of the molecule is CCNC(=O)N1CCC(Cc2ccc(C(=O)NCc3ccccc3)cc2)CC1. The van der Waals surface area contributed by atoms with E-state index in [0.29, 0.717) is 24.6 Å². The maximum Gasteiger partial charge on any atom is 0.317 e. The van der Waals surface area contributed by atoms with Gasteiger partial charge in [-0.15, -0.1) is 0 Å². The van der Waals surface area contributed by atoms with Gasteiger partial charge in [0, 0.05) is 31.7 Å². The number of urea groups is 1. The molecule has 0 bridgehead atoms. The quantitative estimate of drug-likeness (QED) is 0.806. The van der Waals surface area contributed by atoms with Gasteiger partial charge in [-0.3, -0.25) is 4.79 Å². The summed E-state index contributed by atoms with van der Waals surface area (Å²) in [4.78, 5) is 26.1. The van der Waals surface area contributed by atoms with Gasteiger partial charge in [-0.05, 0) is 55.4 Å². The van der Waals surface area contributed by atoms with Gasteiger partial charge in [0.15, 0.2) is 0 Å². The Morgan fingerprint density at radius 1 is 0.929 bits per heavy atom. The molecule has 1 aliphatic rings. The van der Waals surface area contributed by atoms with E-state index in [0.717, 1.165) is 37.9 Å². The lowest BCUT2D eigenvalue weighted by Gasteiger charge is -2.32. The van der Waals surface area contributed by atoms with Crippen molar-refractivity contribution in [3.63, 3.8) is 0 Å². The molecule has 1 saturated heterocycles. The third-order valence-corrected chi connectivity index (χ3v) is 5.27. The normalized spacial score (nSPS) is 14.5. The first kappa shape index (κ1) is 19.9. The Labute approximate surface area is 167 Å². The number of amides is 3. The molecule has 3 amide bonds. The Hall–Kier alpha value is -2.82. The Bertz CT molecular complexity index is 766. The van der Waals surface area contributed by atoms with Gasteiger partial charge in [-0.1, -0.05) is 42.5 Å². The highest BCUT2D eigenvalue weighted by molar-refractivity contribution is 5.94. The maximum absolute atomic E-state index is 12.3. The average molecular weight is 380 g/mol. The van der Waals surface area contributed by atoms with Crippen molar-refractivity contribution in [1.29, 1.82) is 0 Å². The van der Waals surface area contributed by atoms with E-state index in [1.54, 1.807) is 0 Å². The van der Waals surface area contributed by atoms with Crippen LogP contribution in [0.3, 0.4) is 0 Å². The van der Waals surface area contributed by atoms with Crippen LogP contribution in [0, 0.1) is 5.92 Å². The number of rotatable bonds is 6. The number of benzene rings is 2. The van der Waals surface area contributed by atoms with E-state index in [1.165, 1.54) is 5.56 Å². The van der Waals surface area contributed by atoms with E-state index >= 15 is 0 Å². The summed E-state index contributed by atoms with van der Waals surface area (Å²) >= 11 is 0. The van der Waals surface area contributed by atoms with Crippen LogP contribution in [0.2, 0.25) is 0 Å². The first-order valence-electron chi connectivity index (χ1n) is 10.1. The third kappa shape index (κ3) is 5.59. The largest absolute Gasteiger partial charge is 0.348 e. The van der Waals surface area contributed by atoms with Gasteiger partial charge in [0.05, 0.1) is 0 Å². The van der Waals surface area contributed by atoms with E-state index in [2.05, 4.69) is 10.6 Å². The number of nitrogens with one attached hydrogen (secondary N) is 2. The van der Waals surface area contributed by atoms with Crippen LogP contribution in [0.5, 0.6) is 0 Å². The van der Waals surface area contributed by atoms with Gasteiger partial charge in [0.1, 0.15) is 0 Å². The molecule has 0 radical (unpaired) electrons. The molecule has 1 fully saturated rings. The maximum atomic E-state index is 12.3. The second kappa shape index (κ2) is 9.93. The van der Waals surface area contributed by atoms with E-state index in [1.807, 2.05) is 66.4 Å². The summed E-state index contributed by atoms with van der Waals surface area (Å²) in [6.45, 7) is 4.78. The summed E-state index contributed by atoms with van der Waals surface area (Å²) in [5.41, 5.74) is 3.02. The lowest BCUT2D eigenvalue weighted by Crippen LogP contribution is -2.44. The number of carbonyl (C=O) groups excluding carboxylic acids is 2. The van der Waals surface area contributed by atoms with Crippen molar-refractivity contribution in [2.75, 3.05) is 19.6 Å². The highest BCUT2D eigenvalue weighted by Crippen LogP contribution is 2.22. The van der Waals surface area contributed by atoms with Crippen molar-refractivity contribution in [3.8, 4) is 0 Å². The fourth-order valence-corrected chi connectivity index (χ4v) is 3.61. The molecule has 28 heavy (non-hydrogen) atoms. The molecule has 1 aliphatic heterocycles. The first-order chi connectivity index (χ1) is 13.7. The second-order valence-corrected chi connectivity index (χ2v) is 7.34. The van der Waals surface area contributed by atoms with Gasteiger partial charge < -0.3 is 15.5 Å². The third-order valence-electron chi connectivity index (χ3n) is 5.27. The van der Waals surface area contributed by atoms with Crippen molar-refractivity contribution in [2.45, 2.75) is 32.7 Å². The Morgan fingerprint density at radius 3 is 2.25 bits per heavy atom. The summed E-state index contributed by atoms with van der Waals surface area (Å²) in [7, 11) is 0. The lowest BCUT2D eigenvalue weighted by atomic mass is 9.90. The summed E-state index contributed by atoms with van der Waals surface area (Å²) in [6, 6.07) is 17.9. The zero-order chi connectivity index (χ0) is 19.8. The summed E-state index contributed by atoms with van der Waals surface area (Å²) < 4.78 is 0. The fraction of sp³-hybridized carbons (Fsp3) is 0.391. The van der Waals surface area contributed by atoms with Gasteiger partial charge >= 0.3 is 6.03 Å². The standard InChI is InChI=1S/C23H29N3O2/c1-2-24-23(28)26-14-12-19(13-15-26)16-18-8-10-21(11-9-18)22(27)25-17-20-6-4-3-5-7-20/h3-11,19H,2,12-17H2,1H3,(H,24,28)(H,25,27). The molecule has 1 heterocycles. The molecule has 2 N–H and O–H groups in total. The van der Waals surface area contributed by atoms with Crippen LogP contribution in [0.4, 0.5) is 4.79 Å². The minimum absolute atomic E-state index is 0.0480. The van der Waals surface area contributed by atoms with Gasteiger partial charge in [0.25, 0.3) is 5.91 Å². The molecule has 2 aromatic rings. The minimum atomic E-state index is -0.0503. The number of hydrogen-bond donors (Lipinski definition) is 2. The Kier molecular flexibility index (Phi) is 7.06. The van der Waals surface area contributed by atoms with Crippen molar-refractivity contribution in [3.05, 3.63) is 71.3 Å². The lowest BCUT2D eigenvalue weighted by molar-refractivity contribution is 0.0951. The molecular formula is C23H29N3O2. The molecule has 0 atom stereocenters. The van der Waals surface area contributed by atoms with Crippen LogP contribution in [0.1, 0.15) is 41.3 Å². The van der Waals surface area contributed by atoms with Crippen molar-refractivity contribution < 1.29 is 9.59 Å². The predicted octanol–water partition coefficient (Wildman–Crippen LogP) is 3.60. The summed E-state index contributed by atoms with van der Waals surface area (Å²) in [5, 5.41) is 5.83. The highest BCUT2D eigenvalue weighted by Gasteiger charge is 2.22. The molecule has 0 aromatic heterocycles. The molecule has 0 unspecified atom stereocenters. The average Bonchev–Trinajstić information content (AvgIpc) is 2.74. The van der Waals surface area contributed by atoms with Gasteiger partial charge in [-0.25, -0.2) is 4.79 Å². The number of piperidine rings is 1. The molecule has 5 heteroatoms. The molecule has 5 nitrogen and oxygen atoms in total. The smallest absolute Gasteiger partial charge is 0.317 e. The second-order valence-electron chi connectivity index (χ2n) is 7.34. The van der Waals surface area contributed by atoms with E-state index < -0.39 is 0 Å². The minimum Gasteiger partial charge on any atom is -0.348 e. The van der Waals surface area contributed by atoms with Crippen molar-refractivity contribution in [2.24, 2.45) is 5.92 Å². The van der Waals surface area contributed by atoms with E-state index in [9.17, 15) is 9.59 Å². The first-order valence-corrected chi connectivity index (χ1v) is 10.1. The predicted molar refractivity (Wildman–Crippen MR) is 111 cm³/mol. The van der Waals surface area contributed by atoms with Crippen LogP contribution >= 0.6 is 0 Å². The van der Waals surface area contributed by atoms with Gasteiger partial charge in [-0.2, -0.15) is 0 Å². The van der Waals surface area contributed by atoms with Crippen molar-refractivity contribution in [1.82, 2.24) is 15.5 Å². The zero-order valence-electron chi connectivity index (χ0n) is 16.5. The van der Waals surface area contributed by atoms with Crippen LogP contribution in [-0.2, 0) is 13.0 Å². The van der Waals surface area contributed by atoms with Gasteiger partial charge in [0.2, 0.25) is 0 Å². The summed E-state index contributed by atoms with van der Waals surface area (Å²) in [5.74, 6) is 0.536. The molecule has 0 saturated carbocycles. The van der Waals surface area contributed by atoms with Crippen LogP contribution < -0.4 is 10.6 Å². The number of hydrogen-bond acceptors (Lipinski definition) is 2. The molecule has 2 aromatic carbocycles. The Morgan fingerprint density at radius 2 is 1.61 bits per heavy atom. The summed E-state index contributed by atoms with van der Waals surface area (Å²) in [6.07, 6.45) is 3.04. The highest BCUT2D eigenvalue weighted by atomic mass is 16.2. The van der Waals surface area contributed by atoms with Crippen LogP contribution in [0.15, 0.2) is 54.6 Å². The molecular weight excluding hydrogens is 350 g/mol. The van der Waals surface area contributed by atoms with E-state index in [4.69, 9.17) is 0 Å². The van der Waals surface area contributed by atoms with Crippen LogP contribution in [0.25, 0.3) is 0 Å². The monoisotopic (exact) mass is 379 g/mol. The molecule has 148 valence electrons. The number of likely N-dealkylation sites (tertiary alicyclic amines) is 1. The van der Waals surface area contributed by atoms with Crippen LogP contribution in [-0.4, -0.2) is 36.5 Å². The van der Waals surface area contributed by atoms with E-state index in [-0.39, 0.29) is 11.9 Å². The Balaban J connectivity index is 1.45. The molecule has 0 aliphatic carbocycles. The zero-order valence-corrected chi connectivity index (χ0v) is 16.5. The number of nitrogens with zero attached hydrogens (tertiary/aromatic N) is 1. The molecule has 0 spiro atoms. The van der Waals surface area contributed by atoms with Crippen molar-refractivity contribution >= 4 is 11.9 Å². The topological polar surface area (TPSA) is 61.4 Å².